The highest BCUT2D eigenvalue weighted by Crippen LogP contribution is 2.31. The third-order valence-electron chi connectivity index (χ3n) is 6.28. The number of aromatic nitrogens is 3. The molecule has 10 heteroatoms. The van der Waals surface area contributed by atoms with Crippen LogP contribution in [0.3, 0.4) is 0 Å². The maximum Gasteiger partial charge on any atom is 0.573 e. The number of carbonyl (C=O) groups is 1. The van der Waals surface area contributed by atoms with Crippen molar-refractivity contribution in [3.05, 3.63) is 115 Å². The summed E-state index contributed by atoms with van der Waals surface area (Å²) >= 11 is 0. The topological polar surface area (TPSA) is 78.3 Å². The fraction of sp³-hybridized carbons (Fsp3) is 0.129. The van der Waals surface area contributed by atoms with Gasteiger partial charge in [-0.25, -0.2) is 9.67 Å². The normalized spacial score (nSPS) is 11.2. The number of methoxy groups -OCH3 is 1. The molecule has 4 aromatic carbocycles. The van der Waals surface area contributed by atoms with Crippen molar-refractivity contribution in [1.29, 1.82) is 0 Å². The lowest BCUT2D eigenvalue weighted by atomic mass is 10.0. The molecule has 0 saturated heterocycles. The first-order valence-electron chi connectivity index (χ1n) is 12.7. The number of ether oxygens (including phenoxy) is 2. The van der Waals surface area contributed by atoms with Gasteiger partial charge in [0.15, 0.2) is 5.82 Å². The fourth-order valence-electron chi connectivity index (χ4n) is 4.26. The second kappa shape index (κ2) is 12.0. The number of hydrogen-bond donors (Lipinski definition) is 1. The molecule has 41 heavy (non-hydrogen) atoms. The van der Waals surface area contributed by atoms with E-state index in [1.54, 1.807) is 19.2 Å². The van der Waals surface area contributed by atoms with E-state index in [4.69, 9.17) is 4.74 Å². The lowest BCUT2D eigenvalue weighted by molar-refractivity contribution is -0.274. The number of carbonyl (C=O) groups excluding carboxylic acids is 1. The van der Waals surface area contributed by atoms with Crippen molar-refractivity contribution < 1.29 is 27.4 Å². The number of nitrogens with zero attached hydrogens (tertiary/aromatic N) is 3. The van der Waals surface area contributed by atoms with Gasteiger partial charge in [0.1, 0.15) is 17.8 Å². The van der Waals surface area contributed by atoms with E-state index < -0.39 is 6.36 Å². The molecular weight excluding hydrogens is 533 g/mol. The van der Waals surface area contributed by atoms with Gasteiger partial charge < -0.3 is 14.8 Å². The first-order chi connectivity index (χ1) is 19.8. The summed E-state index contributed by atoms with van der Waals surface area (Å²) in [7, 11) is 1.60. The van der Waals surface area contributed by atoms with Crippen LogP contribution in [0.4, 0.5) is 13.2 Å². The van der Waals surface area contributed by atoms with Gasteiger partial charge in [0.25, 0.3) is 5.91 Å². The zero-order chi connectivity index (χ0) is 28.8. The molecule has 208 valence electrons. The van der Waals surface area contributed by atoms with Crippen LogP contribution in [0.15, 0.2) is 103 Å². The average molecular weight is 559 g/mol. The van der Waals surface area contributed by atoms with Gasteiger partial charge in [0.05, 0.1) is 12.8 Å². The molecule has 5 rings (SSSR count). The highest BCUT2D eigenvalue weighted by Gasteiger charge is 2.31. The van der Waals surface area contributed by atoms with Crippen molar-refractivity contribution >= 4 is 5.91 Å². The van der Waals surface area contributed by atoms with E-state index in [1.807, 2.05) is 60.7 Å². The van der Waals surface area contributed by atoms with Gasteiger partial charge in [-0.2, -0.15) is 0 Å². The molecule has 0 aliphatic heterocycles. The Hall–Kier alpha value is -5.12. The third-order valence-corrected chi connectivity index (χ3v) is 6.28. The van der Waals surface area contributed by atoms with E-state index in [1.165, 1.54) is 35.3 Å². The maximum absolute atomic E-state index is 12.8. The highest BCUT2D eigenvalue weighted by molar-refractivity contribution is 5.96. The summed E-state index contributed by atoms with van der Waals surface area (Å²) in [4.78, 5) is 17.1. The zero-order valence-electron chi connectivity index (χ0n) is 21.9. The van der Waals surface area contributed by atoms with Gasteiger partial charge in [-0.3, -0.25) is 4.79 Å². The Morgan fingerprint density at radius 2 is 1.63 bits per heavy atom. The molecule has 0 bridgehead atoms. The minimum atomic E-state index is -4.75. The van der Waals surface area contributed by atoms with Crippen molar-refractivity contribution in [2.75, 3.05) is 13.7 Å². The van der Waals surface area contributed by atoms with E-state index in [0.29, 0.717) is 35.8 Å². The molecule has 0 aliphatic rings. The van der Waals surface area contributed by atoms with Crippen molar-refractivity contribution in [2.24, 2.45) is 0 Å². The molecule has 0 atom stereocenters. The third kappa shape index (κ3) is 6.91. The fourth-order valence-corrected chi connectivity index (χ4v) is 4.26. The van der Waals surface area contributed by atoms with E-state index in [2.05, 4.69) is 20.1 Å². The Labute approximate surface area is 234 Å². The number of halogens is 3. The summed E-state index contributed by atoms with van der Waals surface area (Å²) in [5.74, 6) is 0.679. The minimum Gasteiger partial charge on any atom is -0.496 e. The first-order valence-corrected chi connectivity index (χ1v) is 12.7. The monoisotopic (exact) mass is 558 g/mol. The molecule has 7 nitrogen and oxygen atoms in total. The Bertz CT molecular complexity index is 1620. The van der Waals surface area contributed by atoms with E-state index in [0.717, 1.165) is 22.3 Å². The Kier molecular flexibility index (Phi) is 8.00. The number of nitrogens with one attached hydrogen (secondary N) is 1. The Balaban J connectivity index is 1.17. The number of hydrogen-bond acceptors (Lipinski definition) is 5. The highest BCUT2D eigenvalue weighted by atomic mass is 19.4. The van der Waals surface area contributed by atoms with E-state index in [9.17, 15) is 18.0 Å². The average Bonchev–Trinajstić information content (AvgIpc) is 3.47. The van der Waals surface area contributed by atoms with E-state index in [-0.39, 0.29) is 11.7 Å². The van der Waals surface area contributed by atoms with Crippen LogP contribution in [0.5, 0.6) is 11.5 Å². The summed E-state index contributed by atoms with van der Waals surface area (Å²) in [5.41, 5.74) is 4.70. The van der Waals surface area contributed by atoms with Crippen molar-refractivity contribution in [3.63, 3.8) is 0 Å². The van der Waals surface area contributed by atoms with Gasteiger partial charge in [-0.1, -0.05) is 54.6 Å². The molecule has 5 aromatic rings. The lowest BCUT2D eigenvalue weighted by Gasteiger charge is -2.11. The van der Waals surface area contributed by atoms with Crippen LogP contribution in [-0.4, -0.2) is 40.7 Å². The summed E-state index contributed by atoms with van der Waals surface area (Å²) in [5, 5.41) is 7.39. The molecule has 0 radical (unpaired) electrons. The first kappa shape index (κ1) is 27.4. The summed E-state index contributed by atoms with van der Waals surface area (Å²) in [6.45, 7) is 0.450. The largest absolute Gasteiger partial charge is 0.573 e. The SMILES string of the molecule is COc1ccc(C(=O)NCCc2ccc(-c3ncn(-c4ccc(OC(F)(F)F)cc4)n3)cc2)cc1-c1ccccc1. The van der Waals surface area contributed by atoms with Crippen molar-refractivity contribution in [3.8, 4) is 39.7 Å². The predicted octanol–water partition coefficient (Wildman–Crippen LogP) is 6.48. The summed E-state index contributed by atoms with van der Waals surface area (Å²) < 4.78 is 48.0. The maximum atomic E-state index is 12.8. The molecular formula is C31H25F3N4O3. The van der Waals surface area contributed by atoms with Crippen LogP contribution < -0.4 is 14.8 Å². The van der Waals surface area contributed by atoms with Gasteiger partial charge >= 0.3 is 6.36 Å². The molecule has 0 aliphatic carbocycles. The van der Waals surface area contributed by atoms with Crippen LogP contribution in [-0.2, 0) is 6.42 Å². The lowest BCUT2D eigenvalue weighted by Crippen LogP contribution is -2.25. The minimum absolute atomic E-state index is 0.172. The second-order valence-corrected chi connectivity index (χ2v) is 9.04. The number of rotatable bonds is 9. The van der Waals surface area contributed by atoms with Crippen molar-refractivity contribution in [2.45, 2.75) is 12.8 Å². The van der Waals surface area contributed by atoms with Gasteiger partial charge in [-0.05, 0) is 60.0 Å². The molecule has 0 spiro atoms. The summed E-state index contributed by atoms with van der Waals surface area (Å²) in [6, 6.07) is 28.1. The zero-order valence-corrected chi connectivity index (χ0v) is 21.9. The van der Waals surface area contributed by atoms with Crippen molar-refractivity contribution in [1.82, 2.24) is 20.1 Å². The smallest absolute Gasteiger partial charge is 0.496 e. The van der Waals surface area contributed by atoms with Crippen LogP contribution in [0.1, 0.15) is 15.9 Å². The molecule has 0 unspecified atom stereocenters. The molecule has 0 fully saturated rings. The van der Waals surface area contributed by atoms with Crippen LogP contribution in [0.2, 0.25) is 0 Å². The molecule has 1 amide bonds. The standard InChI is InChI=1S/C31H25F3N4O3/c1-40-28-16-11-24(19-27(28)22-5-3-2-4-6-22)30(39)35-18-17-21-7-9-23(10-8-21)29-36-20-38(37-29)25-12-14-26(15-13-25)41-31(32,33)34/h2-16,19-20H,17-18H2,1H3,(H,35,39). The number of alkyl halides is 3. The van der Waals surface area contributed by atoms with Crippen LogP contribution in [0.25, 0.3) is 28.2 Å². The number of benzene rings is 4. The Morgan fingerprint density at radius 1 is 0.902 bits per heavy atom. The van der Waals surface area contributed by atoms with Crippen LogP contribution in [0, 0.1) is 0 Å². The van der Waals surface area contributed by atoms with Gasteiger partial charge in [0.2, 0.25) is 0 Å². The summed E-state index contributed by atoms with van der Waals surface area (Å²) in [6.07, 6.45) is -2.63. The molecule has 1 N–H and O–H groups in total. The molecule has 1 aromatic heterocycles. The quantitative estimate of drug-likeness (QED) is 0.224. The molecule has 1 heterocycles. The predicted molar refractivity (Wildman–Crippen MR) is 148 cm³/mol. The second-order valence-electron chi connectivity index (χ2n) is 9.04. The van der Waals surface area contributed by atoms with E-state index >= 15 is 0 Å². The molecule has 0 saturated carbocycles. The van der Waals surface area contributed by atoms with Crippen LogP contribution >= 0.6 is 0 Å². The van der Waals surface area contributed by atoms with Gasteiger partial charge in [0, 0.05) is 23.2 Å². The Morgan fingerprint density at radius 3 is 2.32 bits per heavy atom. The van der Waals surface area contributed by atoms with Gasteiger partial charge in [-0.15, -0.1) is 18.3 Å². The number of amides is 1.